The maximum absolute atomic E-state index is 12.9. The van der Waals surface area contributed by atoms with Crippen molar-refractivity contribution in [3.05, 3.63) is 46.0 Å². The third-order valence-corrected chi connectivity index (χ3v) is 5.60. The Labute approximate surface area is 129 Å². The Hall–Kier alpha value is -1.71. The molecule has 108 valence electrons. The standard InChI is InChI=1S/C16H16N2O2Se/c1-10(19)17-15-18-13(9-21-15)16(2)8-7-11-5-3-4-6-12(11)14(16)20/h3-6,9H,7-8H2,1-2H3,(H,17,18,19). The van der Waals surface area contributed by atoms with E-state index >= 15 is 0 Å². The number of carbonyl (C=O) groups is 2. The fourth-order valence-electron chi connectivity index (χ4n) is 2.73. The van der Waals surface area contributed by atoms with E-state index in [1.807, 2.05) is 36.1 Å². The van der Waals surface area contributed by atoms with Crippen molar-refractivity contribution in [3.63, 3.8) is 0 Å². The minimum absolute atomic E-state index is 0.00125. The Balaban J connectivity index is 1.96. The molecule has 1 aromatic carbocycles. The van der Waals surface area contributed by atoms with Crippen LogP contribution in [0, 0.1) is 0 Å². The predicted octanol–water partition coefficient (Wildman–Crippen LogP) is 2.18. The molecule has 1 heterocycles. The molecule has 2 aromatic rings. The van der Waals surface area contributed by atoms with Gasteiger partial charge in [-0.25, -0.2) is 0 Å². The fourth-order valence-corrected chi connectivity index (χ4v) is 4.60. The molecule has 5 heteroatoms. The van der Waals surface area contributed by atoms with E-state index in [0.29, 0.717) is 4.69 Å². The summed E-state index contributed by atoms with van der Waals surface area (Å²) < 4.78 is 0.692. The van der Waals surface area contributed by atoms with Gasteiger partial charge < -0.3 is 0 Å². The van der Waals surface area contributed by atoms with Crippen LogP contribution in [0.4, 0.5) is 4.69 Å². The van der Waals surface area contributed by atoms with Gasteiger partial charge in [0.25, 0.3) is 0 Å². The van der Waals surface area contributed by atoms with Gasteiger partial charge in [0.2, 0.25) is 0 Å². The first-order valence-electron chi connectivity index (χ1n) is 6.87. The van der Waals surface area contributed by atoms with Crippen molar-refractivity contribution in [2.24, 2.45) is 0 Å². The molecule has 1 amide bonds. The second-order valence-corrected chi connectivity index (χ2v) is 7.34. The number of fused-ring (bicyclic) bond motifs is 1. The summed E-state index contributed by atoms with van der Waals surface area (Å²) in [7, 11) is 0. The third-order valence-electron chi connectivity index (χ3n) is 4.01. The van der Waals surface area contributed by atoms with Crippen LogP contribution in [0.15, 0.2) is 29.2 Å². The zero-order valence-electron chi connectivity index (χ0n) is 12.0. The summed E-state index contributed by atoms with van der Waals surface area (Å²) in [5.41, 5.74) is 2.17. The summed E-state index contributed by atoms with van der Waals surface area (Å²) in [6, 6.07) is 7.79. The van der Waals surface area contributed by atoms with Crippen LogP contribution in [0.5, 0.6) is 0 Å². The van der Waals surface area contributed by atoms with Gasteiger partial charge in [-0.1, -0.05) is 0 Å². The van der Waals surface area contributed by atoms with Crippen LogP contribution in [0.1, 0.15) is 41.9 Å². The quantitative estimate of drug-likeness (QED) is 0.848. The van der Waals surface area contributed by atoms with Gasteiger partial charge in [-0.15, -0.1) is 0 Å². The Kier molecular flexibility index (Phi) is 3.55. The van der Waals surface area contributed by atoms with E-state index in [1.165, 1.54) is 6.92 Å². The van der Waals surface area contributed by atoms with Gasteiger partial charge in [-0.3, -0.25) is 0 Å². The molecular weight excluding hydrogens is 331 g/mol. The number of aryl methyl sites for hydroxylation is 1. The molecule has 4 nitrogen and oxygen atoms in total. The monoisotopic (exact) mass is 348 g/mol. The molecule has 1 N–H and O–H groups in total. The number of nitrogens with one attached hydrogen (secondary N) is 1. The first-order valence-corrected chi connectivity index (χ1v) is 8.71. The molecule has 1 unspecified atom stereocenters. The Bertz CT molecular complexity index is 723. The van der Waals surface area contributed by atoms with Gasteiger partial charge in [0.05, 0.1) is 0 Å². The number of hydrogen-bond acceptors (Lipinski definition) is 3. The number of anilines is 1. The Morgan fingerprint density at radius 3 is 2.90 bits per heavy atom. The average molecular weight is 347 g/mol. The van der Waals surface area contributed by atoms with Crippen LogP contribution >= 0.6 is 0 Å². The molecule has 0 saturated heterocycles. The SMILES string of the molecule is CC(=O)Nc1nc(C2(C)CCc3ccccc3C2=O)c[se]1. The number of amides is 1. The number of carbonyl (C=O) groups excluding carboxylic acids is 2. The predicted molar refractivity (Wildman–Crippen MR) is 81.9 cm³/mol. The van der Waals surface area contributed by atoms with E-state index in [1.54, 1.807) is 0 Å². The zero-order valence-corrected chi connectivity index (χ0v) is 13.7. The number of nitrogens with zero attached hydrogens (tertiary/aromatic N) is 1. The molecule has 0 spiro atoms. The summed E-state index contributed by atoms with van der Waals surface area (Å²) >= 11 is 0.00125. The number of ketones is 1. The van der Waals surface area contributed by atoms with Crippen molar-refractivity contribution < 1.29 is 9.59 Å². The van der Waals surface area contributed by atoms with Crippen LogP contribution in [-0.4, -0.2) is 31.2 Å². The van der Waals surface area contributed by atoms with Crippen molar-refractivity contribution in [3.8, 4) is 0 Å². The third kappa shape index (κ3) is 2.47. The van der Waals surface area contributed by atoms with Gasteiger partial charge in [0.1, 0.15) is 0 Å². The molecule has 0 aliphatic heterocycles. The molecule has 0 saturated carbocycles. The molecule has 0 radical (unpaired) electrons. The second kappa shape index (κ2) is 5.24. The van der Waals surface area contributed by atoms with Crippen LogP contribution in [-0.2, 0) is 16.6 Å². The number of Topliss-reactive ketones (excluding diaryl/α,β-unsaturated/α-hetero) is 1. The second-order valence-electron chi connectivity index (χ2n) is 5.54. The summed E-state index contributed by atoms with van der Waals surface area (Å²) in [6.45, 7) is 3.44. The van der Waals surface area contributed by atoms with E-state index in [2.05, 4.69) is 10.3 Å². The molecule has 3 rings (SSSR count). The number of benzene rings is 1. The maximum atomic E-state index is 12.9. The van der Waals surface area contributed by atoms with Crippen molar-refractivity contribution in [1.29, 1.82) is 0 Å². The molecule has 1 aliphatic carbocycles. The average Bonchev–Trinajstić information content (AvgIpc) is 2.92. The van der Waals surface area contributed by atoms with Crippen molar-refractivity contribution >= 4 is 30.9 Å². The fraction of sp³-hybridized carbons (Fsp3) is 0.312. The summed E-state index contributed by atoms with van der Waals surface area (Å²) in [5.74, 6) is 0.0231. The van der Waals surface area contributed by atoms with E-state index in [-0.39, 0.29) is 26.2 Å². The van der Waals surface area contributed by atoms with Crippen LogP contribution in [0.2, 0.25) is 0 Å². The molecule has 1 atom stereocenters. The summed E-state index contributed by atoms with van der Waals surface area (Å²) in [4.78, 5) is 30.5. The van der Waals surface area contributed by atoms with E-state index in [4.69, 9.17) is 0 Å². The van der Waals surface area contributed by atoms with Crippen LogP contribution < -0.4 is 5.32 Å². The van der Waals surface area contributed by atoms with Gasteiger partial charge in [0, 0.05) is 0 Å². The normalized spacial score (nSPS) is 21.0. The molecule has 0 fully saturated rings. The Morgan fingerprint density at radius 1 is 1.38 bits per heavy atom. The van der Waals surface area contributed by atoms with E-state index < -0.39 is 5.41 Å². The molecule has 1 aliphatic rings. The Morgan fingerprint density at radius 2 is 2.14 bits per heavy atom. The first-order chi connectivity index (χ1) is 10.0. The molecular formula is C16H16N2O2Se. The van der Waals surface area contributed by atoms with E-state index in [9.17, 15) is 9.59 Å². The van der Waals surface area contributed by atoms with Crippen molar-refractivity contribution in [2.75, 3.05) is 5.32 Å². The minimum atomic E-state index is -0.573. The zero-order chi connectivity index (χ0) is 15.0. The summed E-state index contributed by atoms with van der Waals surface area (Å²) in [6.07, 6.45) is 1.65. The topological polar surface area (TPSA) is 59.1 Å². The number of hydrogen-bond donors (Lipinski definition) is 1. The molecule has 1 aromatic heterocycles. The number of rotatable bonds is 2. The molecule has 0 bridgehead atoms. The van der Waals surface area contributed by atoms with Gasteiger partial charge in [-0.2, -0.15) is 0 Å². The van der Waals surface area contributed by atoms with E-state index in [0.717, 1.165) is 29.7 Å². The summed E-state index contributed by atoms with van der Waals surface area (Å²) in [5, 5.41) is 2.74. The van der Waals surface area contributed by atoms with Crippen LogP contribution in [0.25, 0.3) is 0 Å². The van der Waals surface area contributed by atoms with Crippen molar-refractivity contribution in [1.82, 2.24) is 4.98 Å². The van der Waals surface area contributed by atoms with Gasteiger partial charge in [0.15, 0.2) is 0 Å². The van der Waals surface area contributed by atoms with Crippen molar-refractivity contribution in [2.45, 2.75) is 32.1 Å². The van der Waals surface area contributed by atoms with Gasteiger partial charge >= 0.3 is 129 Å². The number of aromatic nitrogens is 1. The van der Waals surface area contributed by atoms with Crippen LogP contribution in [0.3, 0.4) is 0 Å². The molecule has 21 heavy (non-hydrogen) atoms. The van der Waals surface area contributed by atoms with Gasteiger partial charge in [-0.05, 0) is 0 Å². The first kappa shape index (κ1) is 14.2.